The first-order valence-corrected chi connectivity index (χ1v) is 17.3. The van der Waals surface area contributed by atoms with E-state index in [-0.39, 0.29) is 37.2 Å². The van der Waals surface area contributed by atoms with E-state index in [9.17, 15) is 14.2 Å². The molecule has 0 amide bonds. The van der Waals surface area contributed by atoms with Gasteiger partial charge >= 0.3 is 15.2 Å². The Kier molecular flexibility index (Phi) is 14.7. The summed E-state index contributed by atoms with van der Waals surface area (Å²) in [6.45, 7) is 8.90. The minimum atomic E-state index is -4.05. The van der Waals surface area contributed by atoms with E-state index in [1.807, 2.05) is 33.8 Å². The van der Waals surface area contributed by atoms with Gasteiger partial charge in [0.25, 0.3) is 0 Å². The molecule has 1 aliphatic carbocycles. The summed E-state index contributed by atoms with van der Waals surface area (Å²) in [5.41, 5.74) is 2.59. The third-order valence-corrected chi connectivity index (χ3v) is 11.3. The first-order chi connectivity index (χ1) is 17.8. The predicted octanol–water partition coefficient (Wildman–Crippen LogP) is 9.22. The molecule has 0 aromatic heterocycles. The summed E-state index contributed by atoms with van der Waals surface area (Å²) < 4.78 is 52.6. The van der Waals surface area contributed by atoms with E-state index in [0.29, 0.717) is 31.2 Å². The van der Waals surface area contributed by atoms with Crippen molar-refractivity contribution in [2.45, 2.75) is 105 Å². The lowest BCUT2D eigenvalue weighted by Crippen LogP contribution is -2.08. The number of hydrogen-bond acceptors (Lipinski definition) is 7. The lowest BCUT2D eigenvalue weighted by molar-refractivity contribution is 0.194. The number of hydrogen-bond donors (Lipinski definition) is 1. The molecule has 9 heteroatoms. The Morgan fingerprint density at radius 1 is 0.757 bits per heavy atom. The smallest absolute Gasteiger partial charge is 0.369 e. The second kappa shape index (κ2) is 16.9. The molecule has 0 aliphatic heterocycles. The van der Waals surface area contributed by atoms with E-state index in [2.05, 4.69) is 0 Å². The molecule has 0 saturated carbocycles. The molecule has 1 aromatic carbocycles. The first-order valence-electron chi connectivity index (χ1n) is 14.2. The molecule has 0 heterocycles. The molecule has 0 atom stereocenters. The Labute approximate surface area is 224 Å². The fourth-order valence-corrected chi connectivity index (χ4v) is 8.73. The van der Waals surface area contributed by atoms with Gasteiger partial charge in [0.2, 0.25) is 0 Å². The Hall–Kier alpha value is -0.940. The molecule has 7 nitrogen and oxygen atoms in total. The second-order valence-electron chi connectivity index (χ2n) is 9.63. The van der Waals surface area contributed by atoms with Crippen molar-refractivity contribution < 1.29 is 32.3 Å². The summed E-state index contributed by atoms with van der Waals surface area (Å²) in [5, 5.41) is 10.7. The molecule has 0 fully saturated rings. The SMILES string of the molecule is CCCCOP(=O)(OCCCC)C(=Cc1cc(O)c2c(c1)CCCC2)P(=O)(OCCCC)OCCCC. The van der Waals surface area contributed by atoms with Crippen molar-refractivity contribution in [1.82, 2.24) is 0 Å². The van der Waals surface area contributed by atoms with Crippen LogP contribution in [-0.2, 0) is 40.1 Å². The summed E-state index contributed by atoms with van der Waals surface area (Å²) >= 11 is 0. The van der Waals surface area contributed by atoms with Gasteiger partial charge in [-0.3, -0.25) is 9.13 Å². The Bertz CT molecular complexity index is 877. The quantitative estimate of drug-likeness (QED) is 0.134. The van der Waals surface area contributed by atoms with Crippen molar-refractivity contribution in [1.29, 1.82) is 0 Å². The predicted molar refractivity (Wildman–Crippen MR) is 151 cm³/mol. The molecule has 1 aliphatic rings. The molecule has 37 heavy (non-hydrogen) atoms. The van der Waals surface area contributed by atoms with Crippen LogP contribution in [0, 0.1) is 0 Å². The molecule has 0 bridgehead atoms. The highest BCUT2D eigenvalue weighted by molar-refractivity contribution is 7.79. The van der Waals surface area contributed by atoms with E-state index < -0.39 is 15.2 Å². The van der Waals surface area contributed by atoms with E-state index in [1.165, 1.54) is 0 Å². The number of fused-ring (bicyclic) bond motifs is 1. The third-order valence-electron chi connectivity index (χ3n) is 6.36. The Balaban J connectivity index is 2.65. The van der Waals surface area contributed by atoms with Crippen LogP contribution in [0.2, 0.25) is 0 Å². The number of aromatic hydroxyl groups is 1. The highest BCUT2D eigenvalue weighted by Crippen LogP contribution is 2.74. The van der Waals surface area contributed by atoms with E-state index in [0.717, 1.165) is 62.5 Å². The molecule has 0 unspecified atom stereocenters. The Morgan fingerprint density at radius 3 is 1.62 bits per heavy atom. The van der Waals surface area contributed by atoms with Gasteiger partial charge in [0, 0.05) is 0 Å². The van der Waals surface area contributed by atoms with Gasteiger partial charge in [0.1, 0.15) is 5.75 Å². The van der Waals surface area contributed by atoms with Crippen LogP contribution < -0.4 is 0 Å². The highest BCUT2D eigenvalue weighted by atomic mass is 31.2. The van der Waals surface area contributed by atoms with Gasteiger partial charge in [-0.25, -0.2) is 0 Å². The lowest BCUT2D eigenvalue weighted by atomic mass is 9.89. The summed E-state index contributed by atoms with van der Waals surface area (Å²) in [7, 11) is -8.10. The summed E-state index contributed by atoms with van der Waals surface area (Å²) in [4.78, 5) is 0. The van der Waals surface area contributed by atoms with Gasteiger partial charge in [-0.15, -0.1) is 0 Å². The van der Waals surface area contributed by atoms with Gasteiger partial charge < -0.3 is 23.2 Å². The van der Waals surface area contributed by atoms with Crippen LogP contribution in [0.15, 0.2) is 17.2 Å². The molecular formula is C28H48O7P2. The van der Waals surface area contributed by atoms with Crippen LogP contribution in [0.5, 0.6) is 5.75 Å². The summed E-state index contributed by atoms with van der Waals surface area (Å²) in [6, 6.07) is 3.61. The van der Waals surface area contributed by atoms with Crippen LogP contribution in [0.25, 0.3) is 6.08 Å². The zero-order valence-electron chi connectivity index (χ0n) is 23.3. The van der Waals surface area contributed by atoms with E-state index >= 15 is 0 Å². The van der Waals surface area contributed by atoms with Crippen LogP contribution >= 0.6 is 15.2 Å². The number of rotatable bonds is 19. The normalized spacial score (nSPS) is 13.9. The van der Waals surface area contributed by atoms with Crippen LogP contribution in [-0.4, -0.2) is 31.5 Å². The molecule has 0 radical (unpaired) electrons. The molecule has 2 rings (SSSR count). The standard InChI is InChI=1S/C28H48O7P2/c1-5-9-17-32-36(30,33-18-10-6-2)28(37(31,34-19-11-7-3)35-20-12-8-4)23-24-21-25-15-13-14-16-26(25)27(29)22-24/h21-23,29H,5-20H2,1-4H3. The number of unbranched alkanes of at least 4 members (excludes halogenated alkanes) is 4. The van der Waals surface area contributed by atoms with Crippen molar-refractivity contribution in [3.8, 4) is 5.75 Å². The average Bonchev–Trinajstić information content (AvgIpc) is 2.88. The van der Waals surface area contributed by atoms with Gasteiger partial charge in [-0.2, -0.15) is 0 Å². The van der Waals surface area contributed by atoms with Gasteiger partial charge in [0.15, 0.2) is 5.06 Å². The number of phenols is 1. The molecular weight excluding hydrogens is 510 g/mol. The minimum Gasteiger partial charge on any atom is -0.508 e. The number of benzene rings is 1. The topological polar surface area (TPSA) is 91.3 Å². The number of phenolic OH excluding ortho intramolecular Hbond substituents is 1. The minimum absolute atomic E-state index is 0.0745. The highest BCUT2D eigenvalue weighted by Gasteiger charge is 2.45. The maximum Gasteiger partial charge on any atom is 0.369 e. The fourth-order valence-electron chi connectivity index (χ4n) is 4.06. The fraction of sp³-hybridized carbons (Fsp3) is 0.714. The van der Waals surface area contributed by atoms with E-state index in [4.69, 9.17) is 18.1 Å². The molecule has 1 N–H and O–H groups in total. The zero-order valence-corrected chi connectivity index (χ0v) is 25.1. The maximum absolute atomic E-state index is 14.4. The monoisotopic (exact) mass is 558 g/mol. The van der Waals surface area contributed by atoms with Crippen molar-refractivity contribution in [2.24, 2.45) is 0 Å². The second-order valence-corrected chi connectivity index (χ2v) is 14.0. The molecule has 0 spiro atoms. The summed E-state index contributed by atoms with van der Waals surface area (Å²) in [5.74, 6) is 0.199. The van der Waals surface area contributed by atoms with Gasteiger partial charge in [-0.1, -0.05) is 59.4 Å². The molecule has 0 saturated heterocycles. The Morgan fingerprint density at radius 2 is 1.19 bits per heavy atom. The summed E-state index contributed by atoms with van der Waals surface area (Å²) in [6.07, 6.45) is 11.5. The third kappa shape index (κ3) is 9.95. The van der Waals surface area contributed by atoms with Crippen LogP contribution in [0.3, 0.4) is 0 Å². The molecule has 212 valence electrons. The molecule has 1 aromatic rings. The van der Waals surface area contributed by atoms with Crippen molar-refractivity contribution in [2.75, 3.05) is 26.4 Å². The van der Waals surface area contributed by atoms with Gasteiger partial charge in [-0.05, 0) is 80.2 Å². The lowest BCUT2D eigenvalue weighted by Gasteiger charge is -2.27. The largest absolute Gasteiger partial charge is 0.508 e. The van der Waals surface area contributed by atoms with Crippen LogP contribution in [0.1, 0.15) is 109 Å². The van der Waals surface area contributed by atoms with Gasteiger partial charge in [0.05, 0.1) is 26.4 Å². The first kappa shape index (κ1) is 32.3. The van der Waals surface area contributed by atoms with Crippen molar-refractivity contribution >= 4 is 21.3 Å². The van der Waals surface area contributed by atoms with Crippen molar-refractivity contribution in [3.05, 3.63) is 33.9 Å². The zero-order chi connectivity index (χ0) is 27.2. The van der Waals surface area contributed by atoms with Crippen LogP contribution in [0.4, 0.5) is 0 Å². The average molecular weight is 559 g/mol. The van der Waals surface area contributed by atoms with Crippen molar-refractivity contribution in [3.63, 3.8) is 0 Å². The van der Waals surface area contributed by atoms with E-state index in [1.54, 1.807) is 12.1 Å². The number of aryl methyl sites for hydroxylation is 1. The maximum atomic E-state index is 14.4.